The molecule has 0 radical (unpaired) electrons. The summed E-state index contributed by atoms with van der Waals surface area (Å²) >= 11 is 0. The first-order chi connectivity index (χ1) is 17.6. The third kappa shape index (κ3) is 4.36. The molecule has 3 amide bonds. The highest BCUT2D eigenvalue weighted by Crippen LogP contribution is 2.44. The first kappa shape index (κ1) is 27.4. The van der Waals surface area contributed by atoms with Crippen molar-refractivity contribution in [2.45, 2.75) is 71.4 Å². The Bertz CT molecular complexity index is 1440. The lowest BCUT2D eigenvalue weighted by atomic mass is 10.0. The van der Waals surface area contributed by atoms with Crippen LogP contribution in [0.2, 0.25) is 24.7 Å². The first-order valence-electron chi connectivity index (χ1n) is 12.5. The summed E-state index contributed by atoms with van der Waals surface area (Å²) in [6.07, 6.45) is 0.686. The van der Waals surface area contributed by atoms with Crippen LogP contribution in [-0.2, 0) is 21.6 Å². The van der Waals surface area contributed by atoms with Crippen LogP contribution in [0.5, 0.6) is 0 Å². The summed E-state index contributed by atoms with van der Waals surface area (Å²) in [6.45, 7) is 15.4. The van der Waals surface area contributed by atoms with Gasteiger partial charge in [0, 0.05) is 16.0 Å². The Morgan fingerprint density at radius 3 is 2.50 bits per heavy atom. The number of carbonyl (C=O) groups excluding carboxylic acids is 3. The maximum atomic E-state index is 14.7. The van der Waals surface area contributed by atoms with Crippen molar-refractivity contribution in [3.63, 3.8) is 0 Å². The van der Waals surface area contributed by atoms with Crippen molar-refractivity contribution in [3.8, 4) is 0 Å². The van der Waals surface area contributed by atoms with Gasteiger partial charge in [-0.1, -0.05) is 33.5 Å². The zero-order valence-electron chi connectivity index (χ0n) is 23.0. The molecule has 4 rings (SSSR count). The zero-order chi connectivity index (χ0) is 28.2. The summed E-state index contributed by atoms with van der Waals surface area (Å²) in [5, 5.41) is 10.0. The molecular formula is C26H34FN5O5Si. The van der Waals surface area contributed by atoms with Crippen LogP contribution < -0.4 is 10.6 Å². The SMILES string of the molecule is CCOC(=O)n1nc2c(c1NC(=O)C(C)(C)[Si](C)(C)C)CN(C(=O)Nc1c(F)ccc3ccoc13)C2(C)C. The molecule has 2 aromatic heterocycles. The van der Waals surface area contributed by atoms with Gasteiger partial charge in [-0.25, -0.2) is 14.0 Å². The van der Waals surface area contributed by atoms with Crippen molar-refractivity contribution >= 4 is 48.6 Å². The normalized spacial score (nSPS) is 14.9. The van der Waals surface area contributed by atoms with Gasteiger partial charge in [0.25, 0.3) is 0 Å². The standard InChI is InChI=1S/C26H34FN5O5Si/c1-9-36-24(35)32-21(29-22(33)26(4,5)38(6,7)8)16-14-31(25(2,3)20(16)30-32)23(34)28-18-17(27)11-10-15-12-13-37-19(15)18/h10-13H,9,14H2,1-8H3,(H,28,34)(H,29,33). The number of hydrogen-bond donors (Lipinski definition) is 2. The fourth-order valence-corrected chi connectivity index (χ4v) is 4.99. The number of nitrogens with one attached hydrogen (secondary N) is 2. The van der Waals surface area contributed by atoms with E-state index in [1.54, 1.807) is 32.9 Å². The first-order valence-corrected chi connectivity index (χ1v) is 16.0. The predicted octanol–water partition coefficient (Wildman–Crippen LogP) is 6.11. The van der Waals surface area contributed by atoms with E-state index in [0.717, 1.165) is 4.68 Å². The van der Waals surface area contributed by atoms with Crippen LogP contribution in [0.25, 0.3) is 11.0 Å². The molecule has 10 nitrogen and oxygen atoms in total. The lowest BCUT2D eigenvalue weighted by Gasteiger charge is -2.35. The largest absolute Gasteiger partial charge is 0.462 e. The number of urea groups is 1. The number of benzene rings is 1. The van der Waals surface area contributed by atoms with Crippen molar-refractivity contribution in [3.05, 3.63) is 41.5 Å². The molecule has 1 aliphatic rings. The van der Waals surface area contributed by atoms with E-state index in [4.69, 9.17) is 9.15 Å². The van der Waals surface area contributed by atoms with Gasteiger partial charge in [0.1, 0.15) is 11.5 Å². The van der Waals surface area contributed by atoms with Crippen molar-refractivity contribution in [1.29, 1.82) is 0 Å². The Kier molecular flexibility index (Phi) is 6.67. The Morgan fingerprint density at radius 1 is 1.18 bits per heavy atom. The number of fused-ring (bicyclic) bond motifs is 2. The number of rotatable bonds is 5. The molecule has 0 saturated heterocycles. The molecule has 12 heteroatoms. The number of carbonyl (C=O) groups is 3. The average Bonchev–Trinajstić information content (AvgIpc) is 3.49. The van der Waals surface area contributed by atoms with Crippen molar-refractivity contribution in [2.75, 3.05) is 17.2 Å². The number of amides is 3. The molecule has 3 heterocycles. The number of nitrogens with zero attached hydrogens (tertiary/aromatic N) is 3. The molecule has 1 aromatic carbocycles. The highest BCUT2D eigenvalue weighted by molar-refractivity contribution is 6.82. The van der Waals surface area contributed by atoms with Gasteiger partial charge >= 0.3 is 12.1 Å². The van der Waals surface area contributed by atoms with Gasteiger partial charge in [0.05, 0.1) is 38.7 Å². The van der Waals surface area contributed by atoms with E-state index in [1.165, 1.54) is 17.2 Å². The van der Waals surface area contributed by atoms with Crippen LogP contribution in [0, 0.1) is 5.82 Å². The Morgan fingerprint density at radius 2 is 1.87 bits per heavy atom. The van der Waals surface area contributed by atoms with E-state index in [-0.39, 0.29) is 36.1 Å². The number of furan rings is 1. The molecule has 0 fully saturated rings. The van der Waals surface area contributed by atoms with Crippen molar-refractivity contribution in [1.82, 2.24) is 14.7 Å². The topological polar surface area (TPSA) is 119 Å². The second kappa shape index (κ2) is 9.26. The van der Waals surface area contributed by atoms with Gasteiger partial charge in [-0.2, -0.15) is 5.10 Å². The van der Waals surface area contributed by atoms with Gasteiger partial charge in [-0.05, 0) is 39.0 Å². The maximum absolute atomic E-state index is 14.7. The molecule has 0 bridgehead atoms. The molecule has 3 aromatic rings. The highest BCUT2D eigenvalue weighted by atomic mass is 28.3. The minimum atomic E-state index is -1.97. The van der Waals surface area contributed by atoms with Crippen LogP contribution in [-0.4, -0.2) is 47.4 Å². The smallest absolute Gasteiger partial charge is 0.436 e. The van der Waals surface area contributed by atoms with Gasteiger partial charge in [0.2, 0.25) is 5.91 Å². The predicted molar refractivity (Wildman–Crippen MR) is 144 cm³/mol. The second-order valence-corrected chi connectivity index (χ2v) is 17.2. The van der Waals surface area contributed by atoms with Crippen LogP contribution in [0.4, 0.5) is 25.5 Å². The maximum Gasteiger partial charge on any atom is 0.436 e. The van der Waals surface area contributed by atoms with Gasteiger partial charge in [0.15, 0.2) is 11.4 Å². The van der Waals surface area contributed by atoms with E-state index in [9.17, 15) is 18.8 Å². The number of ether oxygens (including phenoxy) is 1. The van der Waals surface area contributed by atoms with E-state index >= 15 is 0 Å². The summed E-state index contributed by atoms with van der Waals surface area (Å²) < 4.78 is 26.3. The minimum Gasteiger partial charge on any atom is -0.462 e. The molecule has 0 spiro atoms. The molecule has 2 N–H and O–H groups in total. The van der Waals surface area contributed by atoms with Gasteiger partial charge < -0.3 is 24.7 Å². The number of hydrogen-bond acceptors (Lipinski definition) is 6. The monoisotopic (exact) mass is 543 g/mol. The molecule has 204 valence electrons. The quantitative estimate of drug-likeness (QED) is 0.375. The summed E-state index contributed by atoms with van der Waals surface area (Å²) in [7, 11) is -1.97. The molecule has 38 heavy (non-hydrogen) atoms. The molecule has 0 atom stereocenters. The van der Waals surface area contributed by atoms with Crippen molar-refractivity contribution < 1.29 is 27.9 Å². The van der Waals surface area contributed by atoms with Crippen molar-refractivity contribution in [2.24, 2.45) is 0 Å². The molecular weight excluding hydrogens is 509 g/mol. The summed E-state index contributed by atoms with van der Waals surface area (Å²) in [4.78, 5) is 41.2. The summed E-state index contributed by atoms with van der Waals surface area (Å²) in [5.74, 6) is -0.723. The average molecular weight is 544 g/mol. The minimum absolute atomic E-state index is 0.0201. The summed E-state index contributed by atoms with van der Waals surface area (Å²) in [5.41, 5.74) is 0.0911. The zero-order valence-corrected chi connectivity index (χ0v) is 24.0. The Balaban J connectivity index is 1.71. The summed E-state index contributed by atoms with van der Waals surface area (Å²) in [6, 6.07) is 3.91. The number of halogens is 1. The van der Waals surface area contributed by atoms with Crippen LogP contribution in [0.15, 0.2) is 28.9 Å². The highest BCUT2D eigenvalue weighted by Gasteiger charge is 2.48. The Hall–Kier alpha value is -3.67. The van der Waals surface area contributed by atoms with E-state index in [0.29, 0.717) is 16.6 Å². The number of anilines is 2. The Labute approximate surface area is 221 Å². The van der Waals surface area contributed by atoms with Gasteiger partial charge in [-0.3, -0.25) is 4.79 Å². The number of aromatic nitrogens is 2. The van der Waals surface area contributed by atoms with E-state index in [1.807, 2.05) is 13.8 Å². The van der Waals surface area contributed by atoms with Gasteiger partial charge in [-0.15, -0.1) is 4.68 Å². The third-order valence-electron chi connectivity index (χ3n) is 7.72. The molecule has 0 unspecified atom stereocenters. The fourth-order valence-electron chi connectivity index (χ4n) is 4.25. The lowest BCUT2D eigenvalue weighted by molar-refractivity contribution is -0.118. The van der Waals surface area contributed by atoms with E-state index < -0.39 is 36.6 Å². The molecule has 1 aliphatic heterocycles. The van der Waals surface area contributed by atoms with Crippen LogP contribution in [0.1, 0.15) is 45.9 Å². The molecule has 0 aliphatic carbocycles. The second-order valence-electron chi connectivity index (χ2n) is 11.5. The third-order valence-corrected chi connectivity index (χ3v) is 11.7. The van der Waals surface area contributed by atoms with E-state index in [2.05, 4.69) is 35.4 Å². The molecule has 0 saturated carbocycles. The lowest BCUT2D eigenvalue weighted by Crippen LogP contribution is -2.45. The van der Waals surface area contributed by atoms with Crippen LogP contribution in [0.3, 0.4) is 0 Å². The van der Waals surface area contributed by atoms with Crippen LogP contribution >= 0.6 is 0 Å². The fraction of sp³-hybridized carbons (Fsp3) is 0.462.